The minimum absolute atomic E-state index is 0.105. The standard InChI is InChI=1S/C30H34BNO8S/c1-21-16-28(37-13-6-14-41(4,35)36)22(2)15-27(21)24-8-5-7-23(17-24)20-38-26-11-9-25(10-12-26)31-39-29(33)18-32(3)19-30(34)40-31/h5,7-12,15-19,33-34H,6,13-14,20H2,1-4H3/b29-18-,30-19?. The maximum Gasteiger partial charge on any atom is 0.636 e. The first-order valence-electron chi connectivity index (χ1n) is 13.1. The van der Waals surface area contributed by atoms with E-state index in [9.17, 15) is 18.6 Å². The van der Waals surface area contributed by atoms with E-state index in [1.54, 1.807) is 31.3 Å². The molecule has 0 fully saturated rings. The van der Waals surface area contributed by atoms with Crippen LogP contribution in [0.4, 0.5) is 0 Å². The first kappa shape index (κ1) is 29.7. The summed E-state index contributed by atoms with van der Waals surface area (Å²) in [5.74, 6) is 0.794. The fourth-order valence-corrected chi connectivity index (χ4v) is 4.94. The molecule has 4 rings (SSSR count). The van der Waals surface area contributed by atoms with E-state index in [0.717, 1.165) is 33.6 Å². The zero-order valence-corrected chi connectivity index (χ0v) is 24.3. The van der Waals surface area contributed by atoms with Crippen LogP contribution in [0.5, 0.6) is 11.5 Å². The number of aryl methyl sites for hydroxylation is 2. The van der Waals surface area contributed by atoms with Crippen LogP contribution in [0.1, 0.15) is 23.1 Å². The van der Waals surface area contributed by atoms with Gasteiger partial charge >= 0.3 is 7.12 Å². The molecule has 1 heterocycles. The Morgan fingerprint density at radius 2 is 1.59 bits per heavy atom. The van der Waals surface area contributed by atoms with Gasteiger partial charge in [0, 0.05) is 18.8 Å². The van der Waals surface area contributed by atoms with Gasteiger partial charge in [0.25, 0.3) is 11.9 Å². The van der Waals surface area contributed by atoms with Gasteiger partial charge in [-0.1, -0.05) is 30.3 Å². The topological polar surface area (TPSA) is 115 Å². The highest BCUT2D eigenvalue weighted by atomic mass is 32.2. The lowest BCUT2D eigenvalue weighted by Gasteiger charge is -2.20. The highest BCUT2D eigenvalue weighted by Gasteiger charge is 2.29. The van der Waals surface area contributed by atoms with Crippen LogP contribution in [-0.4, -0.2) is 56.3 Å². The second kappa shape index (κ2) is 12.9. The Hall–Kier alpha value is -4.25. The molecular formula is C30H34BNO8S. The van der Waals surface area contributed by atoms with E-state index in [2.05, 4.69) is 12.1 Å². The summed E-state index contributed by atoms with van der Waals surface area (Å²) >= 11 is 0. The zero-order chi connectivity index (χ0) is 29.6. The summed E-state index contributed by atoms with van der Waals surface area (Å²) in [7, 11) is -2.42. The summed E-state index contributed by atoms with van der Waals surface area (Å²) in [4.78, 5) is 1.41. The van der Waals surface area contributed by atoms with Crippen molar-refractivity contribution in [3.8, 4) is 22.6 Å². The first-order chi connectivity index (χ1) is 19.5. The quantitative estimate of drug-likeness (QED) is 0.259. The first-order valence-corrected chi connectivity index (χ1v) is 15.1. The number of nitrogens with zero attached hydrogens (tertiary/aromatic N) is 1. The molecule has 0 aliphatic carbocycles. The number of aliphatic hydroxyl groups excluding tert-OH is 2. The number of aliphatic hydroxyl groups is 2. The molecule has 0 spiro atoms. The smallest absolute Gasteiger partial charge is 0.494 e. The predicted octanol–water partition coefficient (Wildman–Crippen LogP) is 4.75. The Kier molecular flexibility index (Phi) is 9.39. The molecule has 1 aliphatic heterocycles. The predicted molar refractivity (Wildman–Crippen MR) is 159 cm³/mol. The number of hydrogen-bond acceptors (Lipinski definition) is 9. The van der Waals surface area contributed by atoms with Crippen LogP contribution >= 0.6 is 0 Å². The third-order valence-corrected chi connectivity index (χ3v) is 7.35. The van der Waals surface area contributed by atoms with Crippen LogP contribution < -0.4 is 14.9 Å². The maximum absolute atomic E-state index is 11.3. The molecule has 0 unspecified atom stereocenters. The van der Waals surface area contributed by atoms with Crippen LogP contribution in [0.15, 0.2) is 85.0 Å². The van der Waals surface area contributed by atoms with E-state index in [1.165, 1.54) is 23.6 Å². The Balaban J connectivity index is 1.39. The molecule has 2 N–H and O–H groups in total. The Labute approximate surface area is 241 Å². The number of hydrogen-bond donors (Lipinski definition) is 2. The van der Waals surface area contributed by atoms with Crippen molar-refractivity contribution in [3.63, 3.8) is 0 Å². The van der Waals surface area contributed by atoms with E-state index in [4.69, 9.17) is 18.8 Å². The van der Waals surface area contributed by atoms with E-state index in [-0.39, 0.29) is 17.6 Å². The van der Waals surface area contributed by atoms with Crippen molar-refractivity contribution < 1.29 is 37.4 Å². The van der Waals surface area contributed by atoms with Gasteiger partial charge in [0.05, 0.1) is 24.8 Å². The van der Waals surface area contributed by atoms with Gasteiger partial charge in [0.15, 0.2) is 0 Å². The SMILES string of the molecule is Cc1cc(-c2cccc(COc3ccc(B4OC(O)=CN(C)/C=C(/O)O4)cc3)c2)c(C)cc1OCCCS(C)(=O)=O. The number of sulfone groups is 1. The minimum atomic E-state index is -3.00. The molecule has 216 valence electrons. The molecule has 3 aromatic carbocycles. The minimum Gasteiger partial charge on any atom is -0.494 e. The second-order valence-electron chi connectivity index (χ2n) is 9.99. The lowest BCUT2D eigenvalue weighted by atomic mass is 9.79. The van der Waals surface area contributed by atoms with Crippen molar-refractivity contribution in [2.24, 2.45) is 0 Å². The fourth-order valence-electron chi connectivity index (χ4n) is 4.30. The third kappa shape index (κ3) is 8.62. The van der Waals surface area contributed by atoms with Crippen LogP contribution in [0.2, 0.25) is 0 Å². The molecule has 0 saturated carbocycles. The molecule has 0 radical (unpaired) electrons. The molecular weight excluding hydrogens is 545 g/mol. The third-order valence-electron chi connectivity index (χ3n) is 6.32. The monoisotopic (exact) mass is 579 g/mol. The average molecular weight is 579 g/mol. The van der Waals surface area contributed by atoms with Crippen molar-refractivity contribution in [3.05, 3.63) is 102 Å². The van der Waals surface area contributed by atoms with Gasteiger partial charge < -0.3 is 33.9 Å². The Bertz CT molecular complexity index is 1510. The largest absolute Gasteiger partial charge is 0.636 e. The molecule has 0 saturated heterocycles. The van der Waals surface area contributed by atoms with Crippen LogP contribution in [0.25, 0.3) is 11.1 Å². The van der Waals surface area contributed by atoms with E-state index in [0.29, 0.717) is 30.8 Å². The van der Waals surface area contributed by atoms with Crippen LogP contribution in [0.3, 0.4) is 0 Å². The summed E-state index contributed by atoms with van der Waals surface area (Å²) in [6, 6.07) is 19.2. The zero-order valence-electron chi connectivity index (χ0n) is 23.5. The highest BCUT2D eigenvalue weighted by molar-refractivity contribution is 7.90. The number of benzene rings is 3. The summed E-state index contributed by atoms with van der Waals surface area (Å²) in [5, 5.41) is 19.9. The van der Waals surface area contributed by atoms with Crippen LogP contribution in [0, 0.1) is 13.8 Å². The molecule has 3 aromatic rings. The fraction of sp³-hybridized carbons (Fsp3) is 0.267. The lowest BCUT2D eigenvalue weighted by molar-refractivity contribution is 0.124. The highest BCUT2D eigenvalue weighted by Crippen LogP contribution is 2.31. The molecule has 9 nitrogen and oxygen atoms in total. The summed E-state index contributed by atoms with van der Waals surface area (Å²) in [5.41, 5.74) is 5.73. The van der Waals surface area contributed by atoms with Gasteiger partial charge in [-0.25, -0.2) is 8.42 Å². The maximum atomic E-state index is 11.3. The molecule has 0 amide bonds. The lowest BCUT2D eigenvalue weighted by Crippen LogP contribution is -2.37. The molecule has 0 aromatic heterocycles. The van der Waals surface area contributed by atoms with Gasteiger partial charge in [-0.2, -0.15) is 0 Å². The van der Waals surface area contributed by atoms with Crippen molar-refractivity contribution in [1.29, 1.82) is 0 Å². The van der Waals surface area contributed by atoms with Gasteiger partial charge in [-0.3, -0.25) is 0 Å². The molecule has 0 atom stereocenters. The van der Waals surface area contributed by atoms with Gasteiger partial charge in [0.1, 0.15) is 27.9 Å². The number of rotatable bonds is 10. The summed E-state index contributed by atoms with van der Waals surface area (Å²) in [6.07, 6.45) is 4.30. The van der Waals surface area contributed by atoms with E-state index < -0.39 is 17.0 Å². The van der Waals surface area contributed by atoms with Gasteiger partial charge in [0.2, 0.25) is 0 Å². The molecule has 1 aliphatic rings. The summed E-state index contributed by atoms with van der Waals surface area (Å²) < 4.78 is 45.3. The summed E-state index contributed by atoms with van der Waals surface area (Å²) in [6.45, 7) is 4.70. The van der Waals surface area contributed by atoms with Crippen molar-refractivity contribution in [2.45, 2.75) is 26.9 Å². The Morgan fingerprint density at radius 3 is 2.24 bits per heavy atom. The van der Waals surface area contributed by atoms with Crippen molar-refractivity contribution in [1.82, 2.24) is 4.90 Å². The van der Waals surface area contributed by atoms with E-state index in [1.807, 2.05) is 38.1 Å². The van der Waals surface area contributed by atoms with Gasteiger partial charge in [-0.05, 0) is 78.4 Å². The normalized spacial score (nSPS) is 15.0. The van der Waals surface area contributed by atoms with Crippen molar-refractivity contribution in [2.75, 3.05) is 25.7 Å². The van der Waals surface area contributed by atoms with Crippen molar-refractivity contribution >= 4 is 22.4 Å². The molecule has 41 heavy (non-hydrogen) atoms. The van der Waals surface area contributed by atoms with Gasteiger partial charge in [-0.15, -0.1) is 0 Å². The van der Waals surface area contributed by atoms with E-state index >= 15 is 0 Å². The average Bonchev–Trinajstić information content (AvgIpc) is 2.90. The van der Waals surface area contributed by atoms with Crippen LogP contribution in [-0.2, 0) is 25.8 Å². The molecule has 11 heteroatoms. The number of ether oxygens (including phenoxy) is 2. The second-order valence-corrected chi connectivity index (χ2v) is 12.3. The Morgan fingerprint density at radius 1 is 0.902 bits per heavy atom. The molecule has 0 bridgehead atoms.